The smallest absolute Gasteiger partial charge is 0.550 e. The van der Waals surface area contributed by atoms with Gasteiger partial charge in [-0.25, -0.2) is 8.78 Å². The molecule has 0 spiro atoms. The summed E-state index contributed by atoms with van der Waals surface area (Å²) in [7, 11) is 0. The molecule has 0 aliphatic carbocycles. The standard InChI is InChI=1S/C13H13F10O4.Na/c1-5(7(24)25)6(2)8(26)27-4-3-10(16,17)12(20,21)13(22,23)11(18,19)9(14)15;/h3,5-6,9H,4H2,1-2H3,(H,24,25);/q;+1/p-1. The van der Waals surface area contributed by atoms with E-state index in [1.165, 1.54) is 0 Å². The van der Waals surface area contributed by atoms with Crippen molar-refractivity contribution in [3.63, 3.8) is 0 Å². The van der Waals surface area contributed by atoms with Crippen molar-refractivity contribution in [2.45, 2.75) is 44.0 Å². The summed E-state index contributed by atoms with van der Waals surface area (Å²) in [4.78, 5) is 21.8. The molecule has 15 heteroatoms. The number of hydrogen-bond donors (Lipinski definition) is 0. The van der Waals surface area contributed by atoms with E-state index in [1.54, 1.807) is 0 Å². The Balaban J connectivity index is 0. The average Bonchev–Trinajstić information content (AvgIpc) is 2.51. The van der Waals surface area contributed by atoms with Crippen LogP contribution in [-0.4, -0.2) is 48.7 Å². The van der Waals surface area contributed by atoms with Crippen LogP contribution in [0, 0.1) is 18.3 Å². The molecule has 2 unspecified atom stereocenters. The van der Waals surface area contributed by atoms with Crippen LogP contribution in [0.15, 0.2) is 0 Å². The molecule has 0 aromatic rings. The Labute approximate surface area is 173 Å². The van der Waals surface area contributed by atoms with E-state index < -0.39 is 66.9 Å². The summed E-state index contributed by atoms with van der Waals surface area (Å²) in [6.07, 6.45) is -6.48. The third-order valence-corrected chi connectivity index (χ3v) is 3.56. The van der Waals surface area contributed by atoms with Crippen LogP contribution in [0.4, 0.5) is 43.9 Å². The number of alkyl halides is 10. The molecule has 0 N–H and O–H groups in total. The first-order chi connectivity index (χ1) is 11.8. The third-order valence-electron chi connectivity index (χ3n) is 3.56. The second-order valence-electron chi connectivity index (χ2n) is 5.43. The molecule has 4 nitrogen and oxygen atoms in total. The summed E-state index contributed by atoms with van der Waals surface area (Å²) < 4.78 is 132. The van der Waals surface area contributed by atoms with Crippen molar-refractivity contribution in [2.75, 3.05) is 6.61 Å². The zero-order valence-electron chi connectivity index (χ0n) is 14.4. The zero-order chi connectivity index (χ0) is 22.0. The number of carboxylic acids is 1. The molecule has 0 aliphatic heterocycles. The molecule has 0 fully saturated rings. The van der Waals surface area contributed by atoms with Gasteiger partial charge in [0.05, 0.1) is 12.3 Å². The summed E-state index contributed by atoms with van der Waals surface area (Å²) in [6.45, 7) is 0.0372. The largest absolute Gasteiger partial charge is 1.00 e. The number of carbonyl (C=O) groups is 2. The van der Waals surface area contributed by atoms with Crippen molar-refractivity contribution in [2.24, 2.45) is 11.8 Å². The molecule has 0 amide bonds. The molecule has 0 heterocycles. The van der Waals surface area contributed by atoms with Gasteiger partial charge in [0.15, 0.2) is 0 Å². The Bertz CT molecular complexity index is 555. The number of rotatable bonds is 10. The van der Waals surface area contributed by atoms with Gasteiger partial charge in [0.2, 0.25) is 0 Å². The molecule has 0 aromatic carbocycles. The first-order valence-corrected chi connectivity index (χ1v) is 6.85. The van der Waals surface area contributed by atoms with E-state index in [9.17, 15) is 58.6 Å². The van der Waals surface area contributed by atoms with Crippen LogP contribution < -0.4 is 34.7 Å². The Morgan fingerprint density at radius 3 is 1.71 bits per heavy atom. The predicted molar refractivity (Wildman–Crippen MR) is 64.4 cm³/mol. The van der Waals surface area contributed by atoms with Crippen molar-refractivity contribution in [3.8, 4) is 0 Å². The Morgan fingerprint density at radius 2 is 1.36 bits per heavy atom. The summed E-state index contributed by atoms with van der Waals surface area (Å²) in [5, 5.41) is 10.5. The minimum atomic E-state index is -7.16. The van der Waals surface area contributed by atoms with Crippen molar-refractivity contribution >= 4 is 11.9 Å². The average molecular weight is 445 g/mol. The monoisotopic (exact) mass is 445 g/mol. The van der Waals surface area contributed by atoms with Crippen LogP contribution in [0.1, 0.15) is 13.8 Å². The van der Waals surface area contributed by atoms with Gasteiger partial charge < -0.3 is 14.6 Å². The molecular weight excluding hydrogens is 433 g/mol. The van der Waals surface area contributed by atoms with Crippen LogP contribution in [0.2, 0.25) is 0 Å². The van der Waals surface area contributed by atoms with Crippen molar-refractivity contribution in [1.82, 2.24) is 0 Å². The number of halogens is 10. The molecule has 0 aliphatic rings. The molecule has 0 saturated carbocycles. The second kappa shape index (κ2) is 9.83. The zero-order valence-corrected chi connectivity index (χ0v) is 16.4. The van der Waals surface area contributed by atoms with Crippen LogP contribution in [0.3, 0.4) is 0 Å². The SMILES string of the molecule is CC(C(=O)[O-])C(C)C(=O)OC[CH]C(F)(F)C(F)(F)C(F)(F)C(F)(F)C(F)F.[Na+]. The van der Waals surface area contributed by atoms with Crippen LogP contribution in [-0.2, 0) is 14.3 Å². The molecule has 28 heavy (non-hydrogen) atoms. The van der Waals surface area contributed by atoms with Gasteiger partial charge in [-0.15, -0.1) is 0 Å². The third kappa shape index (κ3) is 5.65. The van der Waals surface area contributed by atoms with E-state index in [1.807, 2.05) is 0 Å². The number of aliphatic carboxylic acids is 1. The molecule has 0 bridgehead atoms. The molecule has 2 atom stereocenters. The molecule has 0 rings (SSSR count). The van der Waals surface area contributed by atoms with E-state index in [4.69, 9.17) is 0 Å². The van der Waals surface area contributed by atoms with E-state index in [0.717, 1.165) is 13.8 Å². The maximum absolute atomic E-state index is 13.3. The number of ether oxygens (including phenoxy) is 1. The topological polar surface area (TPSA) is 66.4 Å². The van der Waals surface area contributed by atoms with Gasteiger partial charge in [0.25, 0.3) is 0 Å². The van der Waals surface area contributed by atoms with E-state index in [2.05, 4.69) is 4.74 Å². The molecule has 159 valence electrons. The summed E-state index contributed by atoms with van der Waals surface area (Å²) in [6, 6.07) is 0. The molecule has 0 aromatic heterocycles. The molecular formula is C13H12F10NaO4. The van der Waals surface area contributed by atoms with Gasteiger partial charge >= 0.3 is 65.6 Å². The van der Waals surface area contributed by atoms with Crippen LogP contribution in [0.25, 0.3) is 0 Å². The van der Waals surface area contributed by atoms with Crippen molar-refractivity contribution < 1.29 is 92.9 Å². The van der Waals surface area contributed by atoms with Gasteiger partial charge in [0, 0.05) is 11.9 Å². The fraction of sp³-hybridized carbons (Fsp3) is 0.769. The van der Waals surface area contributed by atoms with E-state index in [0.29, 0.717) is 0 Å². The number of esters is 1. The Hall–Kier alpha value is -0.760. The summed E-state index contributed by atoms with van der Waals surface area (Å²) in [5.41, 5.74) is 0. The van der Waals surface area contributed by atoms with Gasteiger partial charge in [-0.2, -0.15) is 35.1 Å². The maximum atomic E-state index is 13.3. The van der Waals surface area contributed by atoms with Crippen molar-refractivity contribution in [3.05, 3.63) is 6.42 Å². The molecule has 1 radical (unpaired) electrons. The van der Waals surface area contributed by atoms with Gasteiger partial charge in [-0.1, -0.05) is 13.8 Å². The van der Waals surface area contributed by atoms with Gasteiger partial charge in [-0.3, -0.25) is 4.79 Å². The minimum absolute atomic E-state index is 0. The van der Waals surface area contributed by atoms with Gasteiger partial charge in [0.1, 0.15) is 6.61 Å². The number of carbonyl (C=O) groups excluding carboxylic acids is 2. The maximum Gasteiger partial charge on any atom is 1.00 e. The normalized spacial score (nSPS) is 15.6. The Kier molecular flexibility index (Phi) is 10.3. The first kappa shape index (κ1) is 29.4. The fourth-order valence-electron chi connectivity index (χ4n) is 1.45. The van der Waals surface area contributed by atoms with Crippen LogP contribution in [0.5, 0.6) is 0 Å². The Morgan fingerprint density at radius 1 is 0.929 bits per heavy atom. The first-order valence-electron chi connectivity index (χ1n) is 6.85. The number of carboxylic acid groups (broad SMARTS) is 1. The van der Waals surface area contributed by atoms with Crippen molar-refractivity contribution in [1.29, 1.82) is 0 Å². The van der Waals surface area contributed by atoms with E-state index >= 15 is 0 Å². The summed E-state index contributed by atoms with van der Waals surface area (Å²) >= 11 is 0. The van der Waals surface area contributed by atoms with E-state index in [-0.39, 0.29) is 29.6 Å². The van der Waals surface area contributed by atoms with Crippen LogP contribution >= 0.6 is 0 Å². The predicted octanol–water partition coefficient (Wildman–Crippen LogP) is -0.434. The fourth-order valence-corrected chi connectivity index (χ4v) is 1.45. The number of hydrogen-bond acceptors (Lipinski definition) is 4. The minimum Gasteiger partial charge on any atom is -0.550 e. The van der Waals surface area contributed by atoms with Gasteiger partial charge in [-0.05, 0) is 0 Å². The second-order valence-corrected chi connectivity index (χ2v) is 5.43. The quantitative estimate of drug-likeness (QED) is 0.260. The molecule has 0 saturated heterocycles. The summed E-state index contributed by atoms with van der Waals surface area (Å²) in [5.74, 6) is -33.3.